The zero-order valence-electron chi connectivity index (χ0n) is 14.0. The lowest BCUT2D eigenvalue weighted by Crippen LogP contribution is -2.25. The number of aromatic nitrogens is 2. The van der Waals surface area contributed by atoms with Gasteiger partial charge >= 0.3 is 0 Å². The maximum Gasteiger partial charge on any atom is 0.252 e. The van der Waals surface area contributed by atoms with Gasteiger partial charge in [-0.15, -0.1) is 0 Å². The molecule has 26 heavy (non-hydrogen) atoms. The number of benzene rings is 1. The van der Waals surface area contributed by atoms with Gasteiger partial charge in [0.2, 0.25) is 0 Å². The Labute approximate surface area is 153 Å². The van der Waals surface area contributed by atoms with Crippen molar-refractivity contribution in [3.8, 4) is 0 Å². The third-order valence-corrected chi connectivity index (χ3v) is 4.22. The molecule has 0 aliphatic heterocycles. The Hall–Kier alpha value is -2.67. The number of rotatable bonds is 6. The van der Waals surface area contributed by atoms with E-state index in [1.165, 1.54) is 6.20 Å². The molecule has 2 aromatic heterocycles. The SMILES string of the molecule is CCNc1ncc(C(=O)NCCc2c[nH]c3cc(F)c(F)cc23)cc1Cl. The number of carbonyl (C=O) groups excluding carboxylic acids is 1. The first-order chi connectivity index (χ1) is 12.5. The van der Waals surface area contributed by atoms with Crippen LogP contribution in [0.3, 0.4) is 0 Å². The van der Waals surface area contributed by atoms with Crippen LogP contribution in [0.1, 0.15) is 22.8 Å². The molecule has 0 bridgehead atoms. The maximum atomic E-state index is 13.4. The number of nitrogens with zero attached hydrogens (tertiary/aromatic N) is 1. The van der Waals surface area contributed by atoms with Crippen LogP contribution in [0.15, 0.2) is 30.6 Å². The lowest BCUT2D eigenvalue weighted by Gasteiger charge is -2.08. The van der Waals surface area contributed by atoms with Crippen molar-refractivity contribution < 1.29 is 13.6 Å². The van der Waals surface area contributed by atoms with Crippen molar-refractivity contribution in [3.63, 3.8) is 0 Å². The van der Waals surface area contributed by atoms with E-state index in [2.05, 4.69) is 20.6 Å². The summed E-state index contributed by atoms with van der Waals surface area (Å²) in [5.41, 5.74) is 1.65. The Morgan fingerprint density at radius 2 is 2.04 bits per heavy atom. The predicted molar refractivity (Wildman–Crippen MR) is 97.7 cm³/mol. The summed E-state index contributed by atoms with van der Waals surface area (Å²) in [5, 5.41) is 6.72. The molecule has 8 heteroatoms. The average molecular weight is 379 g/mol. The highest BCUT2D eigenvalue weighted by atomic mass is 35.5. The lowest BCUT2D eigenvalue weighted by atomic mass is 10.1. The number of amides is 1. The van der Waals surface area contributed by atoms with Gasteiger partial charge in [0.1, 0.15) is 5.82 Å². The van der Waals surface area contributed by atoms with Gasteiger partial charge in [-0.25, -0.2) is 13.8 Å². The van der Waals surface area contributed by atoms with E-state index in [-0.39, 0.29) is 5.91 Å². The van der Waals surface area contributed by atoms with Crippen LogP contribution in [0, 0.1) is 11.6 Å². The van der Waals surface area contributed by atoms with E-state index in [1.54, 1.807) is 12.3 Å². The zero-order chi connectivity index (χ0) is 18.7. The van der Waals surface area contributed by atoms with Gasteiger partial charge in [0, 0.05) is 42.5 Å². The van der Waals surface area contributed by atoms with Gasteiger partial charge < -0.3 is 15.6 Å². The summed E-state index contributed by atoms with van der Waals surface area (Å²) in [6, 6.07) is 3.82. The second kappa shape index (κ2) is 7.70. The molecule has 1 aromatic carbocycles. The van der Waals surface area contributed by atoms with Crippen LogP contribution in [-0.2, 0) is 6.42 Å². The standard InChI is InChI=1S/C18H17ClF2N4O/c1-2-22-17-13(19)5-11(9-25-17)18(26)23-4-3-10-8-24-16-7-15(21)14(20)6-12(10)16/h5-9,24H,2-4H2,1H3,(H,22,25)(H,23,26). The van der Waals surface area contributed by atoms with E-state index in [4.69, 9.17) is 11.6 Å². The number of pyridine rings is 1. The fourth-order valence-corrected chi connectivity index (χ4v) is 2.89. The minimum absolute atomic E-state index is 0.306. The Morgan fingerprint density at radius 1 is 1.27 bits per heavy atom. The molecule has 0 unspecified atom stereocenters. The predicted octanol–water partition coefficient (Wildman–Crippen LogP) is 3.90. The molecule has 0 aliphatic carbocycles. The summed E-state index contributed by atoms with van der Waals surface area (Å²) in [6.07, 6.45) is 3.59. The van der Waals surface area contributed by atoms with Gasteiger partial charge in [0.25, 0.3) is 5.91 Å². The highest BCUT2D eigenvalue weighted by Crippen LogP contribution is 2.22. The van der Waals surface area contributed by atoms with Crippen LogP contribution < -0.4 is 10.6 Å². The highest BCUT2D eigenvalue weighted by molar-refractivity contribution is 6.33. The highest BCUT2D eigenvalue weighted by Gasteiger charge is 2.12. The summed E-state index contributed by atoms with van der Waals surface area (Å²) in [5.74, 6) is -1.58. The number of aromatic amines is 1. The number of carbonyl (C=O) groups is 1. The summed E-state index contributed by atoms with van der Waals surface area (Å²) >= 11 is 6.09. The van der Waals surface area contributed by atoms with Crippen LogP contribution in [0.2, 0.25) is 5.02 Å². The first-order valence-electron chi connectivity index (χ1n) is 8.12. The minimum atomic E-state index is -0.899. The van der Waals surface area contributed by atoms with E-state index in [0.717, 1.165) is 17.7 Å². The number of halogens is 3. The third-order valence-electron chi connectivity index (χ3n) is 3.94. The van der Waals surface area contributed by atoms with Gasteiger partial charge in [-0.2, -0.15) is 0 Å². The van der Waals surface area contributed by atoms with Gasteiger partial charge in [-0.1, -0.05) is 11.6 Å². The number of nitrogens with one attached hydrogen (secondary N) is 3. The third kappa shape index (κ3) is 3.77. The second-order valence-electron chi connectivity index (χ2n) is 5.72. The second-order valence-corrected chi connectivity index (χ2v) is 6.12. The van der Waals surface area contributed by atoms with Crippen molar-refractivity contribution in [1.82, 2.24) is 15.3 Å². The fourth-order valence-electron chi connectivity index (χ4n) is 2.65. The number of hydrogen-bond donors (Lipinski definition) is 3. The molecule has 0 atom stereocenters. The van der Waals surface area contributed by atoms with Crippen molar-refractivity contribution in [2.45, 2.75) is 13.3 Å². The van der Waals surface area contributed by atoms with Gasteiger partial charge in [0.05, 0.1) is 10.6 Å². The van der Waals surface area contributed by atoms with Crippen LogP contribution in [0.4, 0.5) is 14.6 Å². The van der Waals surface area contributed by atoms with Crippen LogP contribution in [-0.4, -0.2) is 29.0 Å². The van der Waals surface area contributed by atoms with E-state index in [0.29, 0.717) is 46.8 Å². The van der Waals surface area contributed by atoms with E-state index < -0.39 is 11.6 Å². The van der Waals surface area contributed by atoms with Crippen molar-refractivity contribution in [2.75, 3.05) is 18.4 Å². The molecule has 3 N–H and O–H groups in total. The van der Waals surface area contributed by atoms with E-state index in [1.807, 2.05) is 6.92 Å². The lowest BCUT2D eigenvalue weighted by molar-refractivity contribution is 0.0954. The molecule has 3 aromatic rings. The maximum absolute atomic E-state index is 13.4. The van der Waals surface area contributed by atoms with Gasteiger partial charge in [-0.3, -0.25) is 4.79 Å². The molecule has 3 rings (SSSR count). The summed E-state index contributed by atoms with van der Waals surface area (Å²) in [4.78, 5) is 19.2. The van der Waals surface area contributed by atoms with Crippen LogP contribution in [0.25, 0.3) is 10.9 Å². The summed E-state index contributed by atoms with van der Waals surface area (Å²) in [6.45, 7) is 2.92. The van der Waals surface area contributed by atoms with Crippen LogP contribution >= 0.6 is 11.6 Å². The number of anilines is 1. The summed E-state index contributed by atoms with van der Waals surface area (Å²) < 4.78 is 26.7. The molecule has 136 valence electrons. The molecular formula is C18H17ClF2N4O. The average Bonchev–Trinajstić information content (AvgIpc) is 2.99. The molecule has 0 radical (unpaired) electrons. The Bertz CT molecular complexity index is 958. The smallest absolute Gasteiger partial charge is 0.252 e. The van der Waals surface area contributed by atoms with Gasteiger partial charge in [0.15, 0.2) is 11.6 Å². The molecule has 0 saturated carbocycles. The van der Waals surface area contributed by atoms with Crippen molar-refractivity contribution in [1.29, 1.82) is 0 Å². The fraction of sp³-hybridized carbons (Fsp3) is 0.222. The molecule has 0 fully saturated rings. The Kier molecular flexibility index (Phi) is 5.37. The molecule has 2 heterocycles. The van der Waals surface area contributed by atoms with E-state index >= 15 is 0 Å². The van der Waals surface area contributed by atoms with Crippen molar-refractivity contribution in [3.05, 3.63) is 58.4 Å². The van der Waals surface area contributed by atoms with Crippen LogP contribution in [0.5, 0.6) is 0 Å². The molecule has 5 nitrogen and oxygen atoms in total. The molecule has 0 aliphatic rings. The first-order valence-corrected chi connectivity index (χ1v) is 8.50. The topological polar surface area (TPSA) is 69.8 Å². The zero-order valence-corrected chi connectivity index (χ0v) is 14.8. The Balaban J connectivity index is 1.64. The number of H-pyrrole nitrogens is 1. The normalized spacial score (nSPS) is 10.9. The first kappa shape index (κ1) is 18.1. The number of fused-ring (bicyclic) bond motifs is 1. The molecular weight excluding hydrogens is 362 g/mol. The van der Waals surface area contributed by atoms with Crippen molar-refractivity contribution in [2.24, 2.45) is 0 Å². The summed E-state index contributed by atoms with van der Waals surface area (Å²) in [7, 11) is 0. The largest absolute Gasteiger partial charge is 0.369 e. The molecule has 0 spiro atoms. The molecule has 0 saturated heterocycles. The van der Waals surface area contributed by atoms with E-state index in [9.17, 15) is 13.6 Å². The van der Waals surface area contributed by atoms with Gasteiger partial charge in [-0.05, 0) is 31.0 Å². The minimum Gasteiger partial charge on any atom is -0.369 e. The molecule has 1 amide bonds. The number of hydrogen-bond acceptors (Lipinski definition) is 3. The van der Waals surface area contributed by atoms with Crippen molar-refractivity contribution >= 4 is 34.2 Å². The quantitative estimate of drug-likeness (QED) is 0.609. The monoisotopic (exact) mass is 378 g/mol. The Morgan fingerprint density at radius 3 is 2.77 bits per heavy atom.